The third kappa shape index (κ3) is 6.51. The molecule has 2 aliphatic heterocycles. The van der Waals surface area contributed by atoms with Crippen LogP contribution >= 0.6 is 0 Å². The van der Waals surface area contributed by atoms with E-state index in [2.05, 4.69) is 53.4 Å². The number of piperidine rings is 1. The van der Waals surface area contributed by atoms with Crippen molar-refractivity contribution in [2.45, 2.75) is 38.6 Å². The first kappa shape index (κ1) is 20.2. The van der Waals surface area contributed by atoms with Gasteiger partial charge in [-0.2, -0.15) is 0 Å². The highest BCUT2D eigenvalue weighted by Gasteiger charge is 2.25. The molecule has 27 heavy (non-hydrogen) atoms. The third-order valence-electron chi connectivity index (χ3n) is 6.09. The molecule has 0 spiro atoms. The number of nitrogens with one attached hydrogen (secondary N) is 1. The molecule has 1 aromatic carbocycles. The van der Waals surface area contributed by atoms with Crippen LogP contribution in [0.5, 0.6) is 0 Å². The average Bonchev–Trinajstić information content (AvgIpc) is 2.69. The fourth-order valence-electron chi connectivity index (χ4n) is 4.12. The van der Waals surface area contributed by atoms with Crippen LogP contribution < -0.4 is 5.32 Å². The van der Waals surface area contributed by atoms with Crippen molar-refractivity contribution < 1.29 is 4.79 Å². The topological polar surface area (TPSA) is 38.8 Å². The van der Waals surface area contributed by atoms with Gasteiger partial charge in [0.1, 0.15) is 0 Å². The highest BCUT2D eigenvalue weighted by atomic mass is 16.2. The first-order valence-electron chi connectivity index (χ1n) is 10.6. The van der Waals surface area contributed by atoms with Crippen molar-refractivity contribution in [1.82, 2.24) is 20.0 Å². The van der Waals surface area contributed by atoms with Gasteiger partial charge in [-0.3, -0.25) is 0 Å². The normalized spacial score (nSPS) is 21.2. The molecule has 3 rings (SSSR count). The number of nitrogens with zero attached hydrogens (tertiary/aromatic N) is 3. The number of hydrogen-bond acceptors (Lipinski definition) is 3. The Labute approximate surface area is 164 Å². The van der Waals surface area contributed by atoms with E-state index in [1.807, 2.05) is 11.0 Å². The maximum Gasteiger partial charge on any atom is 0.317 e. The van der Waals surface area contributed by atoms with Crippen molar-refractivity contribution in [3.8, 4) is 0 Å². The van der Waals surface area contributed by atoms with Crippen LogP contribution in [-0.2, 0) is 6.42 Å². The van der Waals surface area contributed by atoms with E-state index in [0.717, 1.165) is 44.7 Å². The van der Waals surface area contributed by atoms with Crippen molar-refractivity contribution in [1.29, 1.82) is 0 Å². The zero-order valence-corrected chi connectivity index (χ0v) is 17.1. The minimum Gasteiger partial charge on any atom is -0.336 e. The highest BCUT2D eigenvalue weighted by Crippen LogP contribution is 2.19. The van der Waals surface area contributed by atoms with Gasteiger partial charge in [-0.15, -0.1) is 0 Å². The van der Waals surface area contributed by atoms with Gasteiger partial charge in [-0.1, -0.05) is 30.3 Å². The standard InChI is InChI=1S/C22H36N4O/c1-19(8-9-20-6-4-3-5-7-20)23-22(27)26-12-10-21(11-13-26)18-25-16-14-24(2)15-17-25/h3-7,19,21H,8-18H2,1-2H3,(H,23,27)/t19-/m1/s1. The quantitative estimate of drug-likeness (QED) is 0.834. The largest absolute Gasteiger partial charge is 0.336 e. The van der Waals surface area contributed by atoms with Gasteiger partial charge in [0.05, 0.1) is 0 Å². The lowest BCUT2D eigenvalue weighted by molar-refractivity contribution is 0.110. The molecule has 1 N–H and O–H groups in total. The average molecular weight is 373 g/mol. The second-order valence-corrected chi connectivity index (χ2v) is 8.41. The van der Waals surface area contributed by atoms with E-state index < -0.39 is 0 Å². The number of rotatable bonds is 6. The number of hydrogen-bond donors (Lipinski definition) is 1. The molecule has 0 unspecified atom stereocenters. The summed E-state index contributed by atoms with van der Waals surface area (Å²) in [5.74, 6) is 0.743. The van der Waals surface area contributed by atoms with E-state index in [4.69, 9.17) is 0 Å². The summed E-state index contributed by atoms with van der Waals surface area (Å²) >= 11 is 0. The number of likely N-dealkylation sites (N-methyl/N-ethyl adjacent to an activating group) is 1. The van der Waals surface area contributed by atoms with Crippen LogP contribution in [0.25, 0.3) is 0 Å². The summed E-state index contributed by atoms with van der Waals surface area (Å²) in [7, 11) is 2.20. The summed E-state index contributed by atoms with van der Waals surface area (Å²) in [4.78, 5) is 19.6. The SMILES string of the molecule is C[C@H](CCc1ccccc1)NC(=O)N1CCC(CN2CCN(C)CC2)CC1. The number of carbonyl (C=O) groups is 1. The number of amides is 2. The Balaban J connectivity index is 1.33. The molecule has 2 heterocycles. The molecule has 0 saturated carbocycles. The summed E-state index contributed by atoms with van der Waals surface area (Å²) in [6.07, 6.45) is 4.27. The minimum atomic E-state index is 0.119. The Morgan fingerprint density at radius 2 is 1.74 bits per heavy atom. The van der Waals surface area contributed by atoms with Crippen LogP contribution in [0.2, 0.25) is 0 Å². The van der Waals surface area contributed by atoms with E-state index in [0.29, 0.717) is 0 Å². The number of carbonyl (C=O) groups excluding carboxylic acids is 1. The Hall–Kier alpha value is -1.59. The molecular weight excluding hydrogens is 336 g/mol. The van der Waals surface area contributed by atoms with Crippen LogP contribution in [0.15, 0.2) is 30.3 Å². The summed E-state index contributed by atoms with van der Waals surface area (Å²) in [6, 6.07) is 10.8. The molecule has 0 aromatic heterocycles. The van der Waals surface area contributed by atoms with Gasteiger partial charge >= 0.3 is 6.03 Å². The summed E-state index contributed by atoms with van der Waals surface area (Å²) in [6.45, 7) is 9.86. The molecule has 0 radical (unpaired) electrons. The smallest absolute Gasteiger partial charge is 0.317 e. The Bertz CT molecular complexity index is 563. The molecule has 2 amide bonds. The van der Waals surface area contributed by atoms with Gasteiger partial charge in [0.25, 0.3) is 0 Å². The van der Waals surface area contributed by atoms with Crippen LogP contribution in [0.1, 0.15) is 31.7 Å². The predicted octanol–water partition coefficient (Wildman–Crippen LogP) is 2.68. The number of aryl methyl sites for hydroxylation is 1. The maximum atomic E-state index is 12.6. The van der Waals surface area contributed by atoms with Gasteiger partial charge in [0.2, 0.25) is 0 Å². The number of benzene rings is 1. The molecule has 0 aliphatic carbocycles. The highest BCUT2D eigenvalue weighted by molar-refractivity contribution is 5.74. The summed E-state index contributed by atoms with van der Waals surface area (Å²) in [5.41, 5.74) is 1.34. The van der Waals surface area contributed by atoms with Crippen molar-refractivity contribution in [2.24, 2.45) is 5.92 Å². The monoisotopic (exact) mass is 372 g/mol. The van der Waals surface area contributed by atoms with E-state index >= 15 is 0 Å². The lowest BCUT2D eigenvalue weighted by atomic mass is 9.96. The van der Waals surface area contributed by atoms with Crippen LogP contribution in [0.4, 0.5) is 4.79 Å². The van der Waals surface area contributed by atoms with Gasteiger partial charge < -0.3 is 20.0 Å². The fraction of sp³-hybridized carbons (Fsp3) is 0.682. The Kier molecular flexibility index (Phi) is 7.53. The lowest BCUT2D eigenvalue weighted by Crippen LogP contribution is -2.50. The molecule has 2 fully saturated rings. The Morgan fingerprint density at radius 1 is 1.07 bits per heavy atom. The van der Waals surface area contributed by atoms with Crippen LogP contribution in [0.3, 0.4) is 0 Å². The number of likely N-dealkylation sites (tertiary alicyclic amines) is 1. The van der Waals surface area contributed by atoms with E-state index in [-0.39, 0.29) is 12.1 Å². The predicted molar refractivity (Wildman–Crippen MR) is 111 cm³/mol. The fourth-order valence-corrected chi connectivity index (χ4v) is 4.12. The van der Waals surface area contributed by atoms with E-state index in [1.165, 1.54) is 38.3 Å². The van der Waals surface area contributed by atoms with Gasteiger partial charge in [0.15, 0.2) is 0 Å². The van der Waals surface area contributed by atoms with Crippen molar-refractivity contribution in [3.05, 3.63) is 35.9 Å². The second-order valence-electron chi connectivity index (χ2n) is 8.41. The number of piperazine rings is 1. The zero-order chi connectivity index (χ0) is 19.1. The summed E-state index contributed by atoms with van der Waals surface area (Å²) in [5, 5.41) is 3.19. The van der Waals surface area contributed by atoms with Crippen molar-refractivity contribution in [2.75, 3.05) is 52.9 Å². The molecular formula is C22H36N4O. The van der Waals surface area contributed by atoms with Crippen molar-refractivity contribution in [3.63, 3.8) is 0 Å². The molecule has 1 atom stereocenters. The molecule has 0 bridgehead atoms. The lowest BCUT2D eigenvalue weighted by Gasteiger charge is -2.38. The summed E-state index contributed by atoms with van der Waals surface area (Å²) < 4.78 is 0. The molecule has 5 nitrogen and oxygen atoms in total. The Morgan fingerprint density at radius 3 is 2.41 bits per heavy atom. The molecule has 2 aliphatic rings. The van der Waals surface area contributed by atoms with Crippen molar-refractivity contribution >= 4 is 6.03 Å². The molecule has 5 heteroatoms. The first-order chi connectivity index (χ1) is 13.1. The first-order valence-corrected chi connectivity index (χ1v) is 10.6. The number of urea groups is 1. The minimum absolute atomic E-state index is 0.119. The van der Waals surface area contributed by atoms with Gasteiger partial charge in [0, 0.05) is 51.9 Å². The van der Waals surface area contributed by atoms with Crippen LogP contribution in [-0.4, -0.2) is 79.6 Å². The van der Waals surface area contributed by atoms with E-state index in [9.17, 15) is 4.79 Å². The van der Waals surface area contributed by atoms with Gasteiger partial charge in [-0.25, -0.2) is 4.79 Å². The van der Waals surface area contributed by atoms with Crippen LogP contribution in [0, 0.1) is 5.92 Å². The van der Waals surface area contributed by atoms with E-state index in [1.54, 1.807) is 0 Å². The van der Waals surface area contributed by atoms with Gasteiger partial charge in [-0.05, 0) is 51.1 Å². The second kappa shape index (κ2) is 10.1. The molecule has 1 aromatic rings. The molecule has 2 saturated heterocycles. The molecule has 150 valence electrons. The maximum absolute atomic E-state index is 12.6. The third-order valence-corrected chi connectivity index (χ3v) is 6.09. The zero-order valence-electron chi connectivity index (χ0n) is 17.1.